The van der Waals surface area contributed by atoms with Crippen molar-refractivity contribution in [2.24, 2.45) is 0 Å². The van der Waals surface area contributed by atoms with E-state index in [0.717, 1.165) is 20.9 Å². The number of fused-ring (bicyclic) bond motifs is 1. The van der Waals surface area contributed by atoms with Crippen molar-refractivity contribution < 1.29 is 14.7 Å². The van der Waals surface area contributed by atoms with Crippen molar-refractivity contribution in [3.63, 3.8) is 0 Å². The number of carboxylic acids is 1. The van der Waals surface area contributed by atoms with E-state index in [9.17, 15) is 9.59 Å². The molecule has 1 heterocycles. The molecule has 0 aliphatic heterocycles. The van der Waals surface area contributed by atoms with E-state index in [2.05, 4.69) is 5.92 Å². The lowest BCUT2D eigenvalue weighted by Crippen LogP contribution is -2.35. The number of carbonyl (C=O) groups is 2. The van der Waals surface area contributed by atoms with E-state index in [1.807, 2.05) is 0 Å². The summed E-state index contributed by atoms with van der Waals surface area (Å²) in [4.78, 5) is 24.5. The Morgan fingerprint density at radius 2 is 2.10 bits per heavy atom. The van der Waals surface area contributed by atoms with Crippen LogP contribution in [0.3, 0.4) is 0 Å². The fourth-order valence-corrected chi connectivity index (χ4v) is 3.55. The number of thiophene rings is 1. The maximum Gasteiger partial charge on any atom is 0.323 e. The van der Waals surface area contributed by atoms with Crippen LogP contribution in [0, 0.1) is 12.3 Å². The van der Waals surface area contributed by atoms with Gasteiger partial charge in [-0.15, -0.1) is 17.8 Å². The molecular weight excluding hydrogens is 333 g/mol. The number of nitrogens with zero attached hydrogens (tertiary/aromatic N) is 1. The molecule has 0 unspecified atom stereocenters. The molecule has 0 fully saturated rings. The summed E-state index contributed by atoms with van der Waals surface area (Å²) in [6.45, 7) is -0.579. The summed E-state index contributed by atoms with van der Waals surface area (Å²) in [5, 5.41) is 10.4. The van der Waals surface area contributed by atoms with Crippen LogP contribution in [0.5, 0.6) is 0 Å². The maximum atomic E-state index is 12.4. The van der Waals surface area contributed by atoms with E-state index in [0.29, 0.717) is 10.4 Å². The van der Waals surface area contributed by atoms with E-state index in [-0.39, 0.29) is 16.4 Å². The first-order valence-corrected chi connectivity index (χ1v) is 7.33. The maximum absolute atomic E-state index is 12.4. The monoisotopic (exact) mass is 341 g/mol. The molecule has 0 aliphatic rings. The van der Waals surface area contributed by atoms with Gasteiger partial charge in [-0.3, -0.25) is 9.59 Å². The summed E-state index contributed by atoms with van der Waals surface area (Å²) in [6, 6.07) is 5.09. The molecule has 21 heavy (non-hydrogen) atoms. The van der Waals surface area contributed by atoms with Crippen LogP contribution in [-0.4, -0.2) is 35.0 Å². The normalized spacial score (nSPS) is 10.3. The highest BCUT2D eigenvalue weighted by Gasteiger charge is 2.23. The Kier molecular flexibility index (Phi) is 4.73. The number of terminal acetylenes is 1. The number of carbonyl (C=O) groups excluding carboxylic acids is 1. The van der Waals surface area contributed by atoms with Crippen molar-refractivity contribution in [3.05, 3.63) is 33.1 Å². The standard InChI is InChI=1S/C14H9Cl2NO3S/c1-2-5-17(7-11(18)19)14(20)13-12(16)9-4-3-8(15)6-10(9)21-13/h1,3-4,6H,5,7H2,(H,18,19). The molecule has 0 saturated heterocycles. The molecule has 2 aromatic rings. The van der Waals surface area contributed by atoms with Gasteiger partial charge in [0.2, 0.25) is 0 Å². The molecule has 108 valence electrons. The number of aliphatic carboxylic acids is 1. The van der Waals surface area contributed by atoms with Gasteiger partial charge in [-0.25, -0.2) is 0 Å². The Morgan fingerprint density at radius 1 is 1.38 bits per heavy atom. The van der Waals surface area contributed by atoms with Crippen LogP contribution in [0.25, 0.3) is 10.1 Å². The molecule has 1 amide bonds. The van der Waals surface area contributed by atoms with Crippen LogP contribution in [0.4, 0.5) is 0 Å². The summed E-state index contributed by atoms with van der Waals surface area (Å²) in [7, 11) is 0. The molecule has 4 nitrogen and oxygen atoms in total. The van der Waals surface area contributed by atoms with E-state index in [1.165, 1.54) is 0 Å². The van der Waals surface area contributed by atoms with Gasteiger partial charge in [0.25, 0.3) is 5.91 Å². The number of rotatable bonds is 4. The zero-order valence-corrected chi connectivity index (χ0v) is 12.9. The van der Waals surface area contributed by atoms with Gasteiger partial charge in [-0.05, 0) is 12.1 Å². The Bertz CT molecular complexity index is 763. The first-order valence-electron chi connectivity index (χ1n) is 5.76. The molecular formula is C14H9Cl2NO3S. The fraction of sp³-hybridized carbons (Fsp3) is 0.143. The molecule has 1 aromatic heterocycles. The van der Waals surface area contributed by atoms with Gasteiger partial charge in [0.1, 0.15) is 11.4 Å². The van der Waals surface area contributed by atoms with Gasteiger partial charge >= 0.3 is 5.97 Å². The van der Waals surface area contributed by atoms with Crippen molar-refractivity contribution in [1.82, 2.24) is 4.90 Å². The summed E-state index contributed by atoms with van der Waals surface area (Å²) in [6.07, 6.45) is 5.17. The van der Waals surface area contributed by atoms with Crippen LogP contribution in [0.15, 0.2) is 18.2 Å². The van der Waals surface area contributed by atoms with Crippen LogP contribution < -0.4 is 0 Å². The van der Waals surface area contributed by atoms with Crippen LogP contribution in [-0.2, 0) is 4.79 Å². The van der Waals surface area contributed by atoms with E-state index < -0.39 is 18.4 Å². The summed E-state index contributed by atoms with van der Waals surface area (Å²) in [5.74, 6) is 0.626. The summed E-state index contributed by atoms with van der Waals surface area (Å²) >= 11 is 13.3. The highest BCUT2D eigenvalue weighted by Crippen LogP contribution is 2.37. The first-order chi connectivity index (χ1) is 9.93. The minimum atomic E-state index is -1.14. The lowest BCUT2D eigenvalue weighted by atomic mass is 10.2. The average Bonchev–Trinajstić information content (AvgIpc) is 2.73. The van der Waals surface area contributed by atoms with Gasteiger partial charge < -0.3 is 10.0 Å². The van der Waals surface area contributed by atoms with Gasteiger partial charge in [0.15, 0.2) is 0 Å². The highest BCUT2D eigenvalue weighted by molar-refractivity contribution is 7.21. The quantitative estimate of drug-likeness (QED) is 0.867. The van der Waals surface area contributed by atoms with E-state index >= 15 is 0 Å². The predicted molar refractivity (Wildman–Crippen MR) is 84.2 cm³/mol. The Morgan fingerprint density at radius 3 is 2.71 bits per heavy atom. The van der Waals surface area contributed by atoms with Gasteiger partial charge in [-0.1, -0.05) is 35.2 Å². The van der Waals surface area contributed by atoms with E-state index in [1.54, 1.807) is 18.2 Å². The third-order valence-corrected chi connectivity index (χ3v) is 4.56. The molecule has 0 spiro atoms. The third kappa shape index (κ3) is 3.30. The SMILES string of the molecule is C#CCN(CC(=O)O)C(=O)c1sc2cc(Cl)ccc2c1Cl. The van der Waals surface area contributed by atoms with Crippen molar-refractivity contribution in [1.29, 1.82) is 0 Å². The lowest BCUT2D eigenvalue weighted by Gasteiger charge is -2.16. The minimum absolute atomic E-state index is 0.101. The van der Waals surface area contributed by atoms with Crippen molar-refractivity contribution in [3.8, 4) is 12.3 Å². The van der Waals surface area contributed by atoms with E-state index in [4.69, 9.17) is 34.7 Å². The van der Waals surface area contributed by atoms with Crippen LogP contribution in [0.1, 0.15) is 9.67 Å². The first kappa shape index (κ1) is 15.6. The lowest BCUT2D eigenvalue weighted by molar-refractivity contribution is -0.137. The van der Waals surface area contributed by atoms with Crippen molar-refractivity contribution in [2.45, 2.75) is 0 Å². The van der Waals surface area contributed by atoms with Crippen molar-refractivity contribution in [2.75, 3.05) is 13.1 Å². The molecule has 0 aliphatic carbocycles. The average molecular weight is 342 g/mol. The Balaban J connectivity index is 2.44. The zero-order valence-electron chi connectivity index (χ0n) is 10.6. The Labute approximate surface area is 134 Å². The van der Waals surface area contributed by atoms with Crippen molar-refractivity contribution >= 4 is 56.5 Å². The fourth-order valence-electron chi connectivity index (χ4n) is 1.79. The largest absolute Gasteiger partial charge is 0.480 e. The second kappa shape index (κ2) is 6.35. The van der Waals surface area contributed by atoms with Gasteiger partial charge in [0, 0.05) is 15.1 Å². The molecule has 0 atom stereocenters. The smallest absolute Gasteiger partial charge is 0.323 e. The molecule has 7 heteroatoms. The zero-order chi connectivity index (χ0) is 15.6. The topological polar surface area (TPSA) is 57.6 Å². The predicted octanol–water partition coefficient (Wildman–Crippen LogP) is 3.37. The number of hydrogen-bond acceptors (Lipinski definition) is 3. The number of halogens is 2. The highest BCUT2D eigenvalue weighted by atomic mass is 35.5. The molecule has 1 N–H and O–H groups in total. The molecule has 0 saturated carbocycles. The van der Waals surface area contributed by atoms with Gasteiger partial charge in [-0.2, -0.15) is 0 Å². The number of hydrogen-bond donors (Lipinski definition) is 1. The van der Waals surface area contributed by atoms with Gasteiger partial charge in [0.05, 0.1) is 11.6 Å². The Hall–Kier alpha value is -1.74. The molecule has 0 radical (unpaired) electrons. The van der Waals surface area contributed by atoms with Crippen LogP contribution >= 0.6 is 34.5 Å². The third-order valence-electron chi connectivity index (χ3n) is 2.68. The minimum Gasteiger partial charge on any atom is -0.480 e. The molecule has 2 rings (SSSR count). The molecule has 1 aromatic carbocycles. The number of amides is 1. The molecule has 0 bridgehead atoms. The second-order valence-corrected chi connectivity index (χ2v) is 6.01. The second-order valence-electron chi connectivity index (χ2n) is 4.14. The summed E-state index contributed by atoms with van der Waals surface area (Å²) in [5.41, 5.74) is 0. The number of benzene rings is 1. The van der Waals surface area contributed by atoms with Crippen LogP contribution in [0.2, 0.25) is 10.0 Å². The number of carboxylic acid groups (broad SMARTS) is 1. The summed E-state index contributed by atoms with van der Waals surface area (Å²) < 4.78 is 0.756.